The number of amides is 2. The van der Waals surface area contributed by atoms with Crippen molar-refractivity contribution >= 4 is 63.2 Å². The lowest BCUT2D eigenvalue weighted by Gasteiger charge is -2.14. The second-order valence-corrected chi connectivity index (χ2v) is 8.05. The number of benzene rings is 1. The fourth-order valence-electron chi connectivity index (χ4n) is 2.46. The molecule has 0 atom stereocenters. The van der Waals surface area contributed by atoms with Crippen LogP contribution >= 0.6 is 35.3 Å². The van der Waals surface area contributed by atoms with Crippen molar-refractivity contribution in [3.05, 3.63) is 45.5 Å². The van der Waals surface area contributed by atoms with Crippen LogP contribution in [0.2, 0.25) is 0 Å². The van der Waals surface area contributed by atoms with Crippen LogP contribution in [0.5, 0.6) is 11.5 Å². The molecular formula is C17H12N2O4S3. The number of nitrogens with one attached hydrogen (secondary N) is 1. The van der Waals surface area contributed by atoms with Crippen LogP contribution in [0.3, 0.4) is 0 Å². The second kappa shape index (κ2) is 7.10. The zero-order valence-corrected chi connectivity index (χ0v) is 15.7. The van der Waals surface area contributed by atoms with Gasteiger partial charge in [0.05, 0.1) is 4.91 Å². The molecule has 26 heavy (non-hydrogen) atoms. The van der Waals surface area contributed by atoms with Gasteiger partial charge in [-0.3, -0.25) is 14.5 Å². The molecule has 1 saturated heterocycles. The maximum absolute atomic E-state index is 12.5. The lowest BCUT2D eigenvalue weighted by atomic mass is 10.2. The van der Waals surface area contributed by atoms with Gasteiger partial charge in [0, 0.05) is 16.6 Å². The molecule has 2 amide bonds. The number of rotatable bonds is 4. The normalized spacial score (nSPS) is 17.2. The standard InChI is InChI=1S/C17H12N2O4S3/c20-15(18-10-3-4-12-13(6-10)23-9-22-12)8-19-16(21)14(26-17(19)24)7-11-2-1-5-25-11/h1-7H,8-9H2,(H,18,20)/b14-7+. The zero-order valence-electron chi connectivity index (χ0n) is 13.3. The first-order valence-electron chi connectivity index (χ1n) is 7.58. The smallest absolute Gasteiger partial charge is 0.266 e. The number of carbonyl (C=O) groups is 2. The molecule has 1 aromatic heterocycles. The van der Waals surface area contributed by atoms with E-state index >= 15 is 0 Å². The molecule has 2 aromatic rings. The highest BCUT2D eigenvalue weighted by molar-refractivity contribution is 8.26. The van der Waals surface area contributed by atoms with Crippen LogP contribution in [-0.4, -0.2) is 34.4 Å². The van der Waals surface area contributed by atoms with E-state index < -0.39 is 0 Å². The lowest BCUT2D eigenvalue weighted by molar-refractivity contribution is -0.126. The Labute approximate surface area is 162 Å². The molecule has 1 fully saturated rings. The van der Waals surface area contributed by atoms with Crippen LogP contribution in [0.25, 0.3) is 6.08 Å². The fourth-order valence-corrected chi connectivity index (χ4v) is 4.44. The number of hydrogen-bond acceptors (Lipinski definition) is 7. The number of ether oxygens (including phenoxy) is 2. The second-order valence-electron chi connectivity index (χ2n) is 5.40. The third-order valence-corrected chi connectivity index (χ3v) is 5.85. The predicted octanol–water partition coefficient (Wildman–Crippen LogP) is 3.32. The van der Waals surface area contributed by atoms with E-state index in [0.717, 1.165) is 4.88 Å². The maximum Gasteiger partial charge on any atom is 0.266 e. The molecule has 2 aliphatic rings. The van der Waals surface area contributed by atoms with Crippen molar-refractivity contribution in [2.75, 3.05) is 18.7 Å². The van der Waals surface area contributed by atoms with Gasteiger partial charge in [0.15, 0.2) is 11.5 Å². The van der Waals surface area contributed by atoms with Crippen LogP contribution < -0.4 is 14.8 Å². The van der Waals surface area contributed by atoms with Gasteiger partial charge in [0.2, 0.25) is 12.7 Å². The van der Waals surface area contributed by atoms with Crippen LogP contribution in [0, 0.1) is 0 Å². The number of hydrogen-bond donors (Lipinski definition) is 1. The summed E-state index contributed by atoms with van der Waals surface area (Å²) in [5, 5.41) is 4.68. The number of thiocarbonyl (C=S) groups is 1. The van der Waals surface area contributed by atoms with Gasteiger partial charge in [-0.25, -0.2) is 0 Å². The number of thioether (sulfide) groups is 1. The van der Waals surface area contributed by atoms with E-state index in [1.54, 1.807) is 24.3 Å². The van der Waals surface area contributed by atoms with E-state index in [2.05, 4.69) is 5.32 Å². The van der Waals surface area contributed by atoms with Gasteiger partial charge in [0.25, 0.3) is 5.91 Å². The van der Waals surface area contributed by atoms with Crippen LogP contribution in [0.1, 0.15) is 4.88 Å². The lowest BCUT2D eigenvalue weighted by Crippen LogP contribution is -2.36. The molecular weight excluding hydrogens is 392 g/mol. The Morgan fingerprint density at radius 3 is 2.96 bits per heavy atom. The number of nitrogens with zero attached hydrogens (tertiary/aromatic N) is 1. The number of carbonyl (C=O) groups excluding carboxylic acids is 2. The van der Waals surface area contributed by atoms with Crippen molar-refractivity contribution in [3.63, 3.8) is 0 Å². The minimum Gasteiger partial charge on any atom is -0.454 e. The molecule has 0 saturated carbocycles. The van der Waals surface area contributed by atoms with Crippen LogP contribution in [0.4, 0.5) is 5.69 Å². The molecule has 9 heteroatoms. The highest BCUT2D eigenvalue weighted by Gasteiger charge is 2.33. The number of thiophene rings is 1. The summed E-state index contributed by atoms with van der Waals surface area (Å²) in [5.41, 5.74) is 0.568. The summed E-state index contributed by atoms with van der Waals surface area (Å²) in [6.07, 6.45) is 1.79. The molecule has 4 rings (SSSR count). The first-order chi connectivity index (χ1) is 12.6. The topological polar surface area (TPSA) is 67.9 Å². The third kappa shape index (κ3) is 3.46. The zero-order chi connectivity index (χ0) is 18.1. The van der Waals surface area contributed by atoms with Crippen molar-refractivity contribution in [1.29, 1.82) is 0 Å². The van der Waals surface area contributed by atoms with Gasteiger partial charge in [-0.2, -0.15) is 0 Å². The molecule has 132 valence electrons. The summed E-state index contributed by atoms with van der Waals surface area (Å²) in [7, 11) is 0. The predicted molar refractivity (Wildman–Crippen MR) is 105 cm³/mol. The SMILES string of the molecule is O=C(CN1C(=O)/C(=C\c2cccs2)SC1=S)Nc1ccc2c(c1)OCO2. The van der Waals surface area contributed by atoms with Gasteiger partial charge >= 0.3 is 0 Å². The Bertz CT molecular complexity index is 924. The summed E-state index contributed by atoms with van der Waals surface area (Å²) < 4.78 is 10.9. The summed E-state index contributed by atoms with van der Waals surface area (Å²) in [4.78, 5) is 27.6. The summed E-state index contributed by atoms with van der Waals surface area (Å²) in [6, 6.07) is 8.95. The Hall–Kier alpha value is -2.36. The average Bonchev–Trinajstić information content (AvgIpc) is 3.33. The minimum atomic E-state index is -0.336. The Balaban J connectivity index is 1.42. The molecule has 1 N–H and O–H groups in total. The first-order valence-corrected chi connectivity index (χ1v) is 9.69. The van der Waals surface area contributed by atoms with Crippen molar-refractivity contribution < 1.29 is 19.1 Å². The molecule has 0 bridgehead atoms. The Morgan fingerprint density at radius 1 is 1.31 bits per heavy atom. The average molecular weight is 404 g/mol. The van der Waals surface area contributed by atoms with E-state index in [-0.39, 0.29) is 25.2 Å². The van der Waals surface area contributed by atoms with Gasteiger partial charge in [0.1, 0.15) is 10.9 Å². The highest BCUT2D eigenvalue weighted by Crippen LogP contribution is 2.35. The molecule has 0 spiro atoms. The van der Waals surface area contributed by atoms with Gasteiger partial charge < -0.3 is 14.8 Å². The highest BCUT2D eigenvalue weighted by atomic mass is 32.2. The largest absolute Gasteiger partial charge is 0.454 e. The van der Waals surface area contributed by atoms with Gasteiger partial charge in [-0.1, -0.05) is 30.0 Å². The summed E-state index contributed by atoms with van der Waals surface area (Å²) >= 11 is 7.99. The molecule has 3 heterocycles. The molecule has 1 aromatic carbocycles. The van der Waals surface area contributed by atoms with Crippen molar-refractivity contribution in [1.82, 2.24) is 4.90 Å². The van der Waals surface area contributed by atoms with Crippen molar-refractivity contribution in [2.45, 2.75) is 0 Å². The van der Waals surface area contributed by atoms with Crippen LogP contribution in [0.15, 0.2) is 40.6 Å². The van der Waals surface area contributed by atoms with E-state index in [0.29, 0.717) is 26.4 Å². The molecule has 0 aliphatic carbocycles. The van der Waals surface area contributed by atoms with Crippen LogP contribution in [-0.2, 0) is 9.59 Å². The Kier molecular flexibility index (Phi) is 4.66. The quantitative estimate of drug-likeness (QED) is 0.623. The molecule has 0 unspecified atom stereocenters. The monoisotopic (exact) mass is 404 g/mol. The third-order valence-electron chi connectivity index (χ3n) is 3.65. The van der Waals surface area contributed by atoms with Gasteiger partial charge in [-0.05, 0) is 29.7 Å². The van der Waals surface area contributed by atoms with E-state index in [1.165, 1.54) is 28.0 Å². The molecule has 2 aliphatic heterocycles. The first kappa shape index (κ1) is 17.1. The van der Waals surface area contributed by atoms with Crippen molar-refractivity contribution in [2.24, 2.45) is 0 Å². The maximum atomic E-state index is 12.5. The Morgan fingerprint density at radius 2 is 2.15 bits per heavy atom. The van der Waals surface area contributed by atoms with E-state index in [1.807, 2.05) is 17.5 Å². The number of anilines is 1. The summed E-state index contributed by atoms with van der Waals surface area (Å²) in [6.45, 7) is 0.0285. The van der Waals surface area contributed by atoms with Crippen molar-refractivity contribution in [3.8, 4) is 11.5 Å². The van der Waals surface area contributed by atoms with E-state index in [9.17, 15) is 9.59 Å². The van der Waals surface area contributed by atoms with Gasteiger partial charge in [-0.15, -0.1) is 11.3 Å². The summed E-state index contributed by atoms with van der Waals surface area (Å²) in [5.74, 6) is 0.623. The van der Waals surface area contributed by atoms with E-state index in [4.69, 9.17) is 21.7 Å². The molecule has 6 nitrogen and oxygen atoms in total. The molecule has 0 radical (unpaired) electrons. The minimum absolute atomic E-state index is 0.138. The number of fused-ring (bicyclic) bond motifs is 1. The fraction of sp³-hybridized carbons (Fsp3) is 0.118.